The molecule has 1 aromatic carbocycles. The average Bonchev–Trinajstić information content (AvgIpc) is 2.50. The van der Waals surface area contributed by atoms with Crippen LogP contribution in [0.5, 0.6) is 11.5 Å². The van der Waals surface area contributed by atoms with Crippen molar-refractivity contribution in [2.75, 3.05) is 6.61 Å². The van der Waals surface area contributed by atoms with E-state index in [1.165, 1.54) is 0 Å². The number of ether oxygens (including phenoxy) is 1. The molecule has 0 unspecified atom stereocenters. The number of rotatable bonds is 1. The summed E-state index contributed by atoms with van der Waals surface area (Å²) >= 11 is 0. The first-order chi connectivity index (χ1) is 6.24. The smallest absolute Gasteiger partial charge is 0.135 e. The van der Waals surface area contributed by atoms with Gasteiger partial charge >= 0.3 is 0 Å². The number of aromatic hydroxyl groups is 1. The summed E-state index contributed by atoms with van der Waals surface area (Å²) in [5.74, 6) is 0.869. The van der Waals surface area contributed by atoms with Gasteiger partial charge in [-0.15, -0.1) is 0 Å². The number of phenols is 1. The maximum atomic E-state index is 9.53. The van der Waals surface area contributed by atoms with Crippen LogP contribution in [0.2, 0.25) is 0 Å². The molecule has 0 fully saturated rings. The van der Waals surface area contributed by atoms with Gasteiger partial charge in [-0.1, -0.05) is 12.7 Å². The van der Waals surface area contributed by atoms with E-state index in [1.54, 1.807) is 18.2 Å². The molecule has 1 aliphatic heterocycles. The summed E-state index contributed by atoms with van der Waals surface area (Å²) < 4.78 is 5.36. The van der Waals surface area contributed by atoms with Crippen LogP contribution in [-0.2, 0) is 0 Å². The van der Waals surface area contributed by atoms with E-state index in [0.29, 0.717) is 17.9 Å². The summed E-state index contributed by atoms with van der Waals surface area (Å²) in [6.45, 7) is 4.09. The minimum Gasteiger partial charge on any atom is -0.507 e. The highest BCUT2D eigenvalue weighted by Crippen LogP contribution is 2.40. The highest BCUT2D eigenvalue weighted by atomic mass is 16.5. The van der Waals surface area contributed by atoms with Crippen LogP contribution >= 0.6 is 0 Å². The van der Waals surface area contributed by atoms with Gasteiger partial charge in [-0.2, -0.15) is 0 Å². The van der Waals surface area contributed by atoms with Gasteiger partial charge in [-0.25, -0.2) is 0 Å². The molecule has 0 bridgehead atoms. The zero-order valence-corrected chi connectivity index (χ0v) is 7.16. The lowest BCUT2D eigenvalue weighted by molar-refractivity contribution is 0.332. The zero-order valence-electron chi connectivity index (χ0n) is 7.16. The fraction of sp³-hybridized carbons (Fsp3) is 0.200. The summed E-state index contributed by atoms with van der Waals surface area (Å²) in [7, 11) is 0. The van der Waals surface area contributed by atoms with Crippen molar-refractivity contribution in [2.45, 2.75) is 6.04 Å². The SMILES string of the molecule is C=Cc1ccc(O)c2c1OC[C@@H]2N. The van der Waals surface area contributed by atoms with Gasteiger partial charge in [-0.3, -0.25) is 0 Å². The molecule has 3 heteroatoms. The lowest BCUT2D eigenvalue weighted by Crippen LogP contribution is -2.10. The number of phenolic OH excluding ortho intramolecular Hbond substituents is 1. The van der Waals surface area contributed by atoms with Gasteiger partial charge in [0.1, 0.15) is 18.1 Å². The Kier molecular flexibility index (Phi) is 1.74. The van der Waals surface area contributed by atoms with Gasteiger partial charge in [0.15, 0.2) is 0 Å². The molecule has 1 atom stereocenters. The fourth-order valence-corrected chi connectivity index (χ4v) is 1.54. The van der Waals surface area contributed by atoms with Gasteiger partial charge in [0.05, 0.1) is 11.6 Å². The van der Waals surface area contributed by atoms with Crippen molar-refractivity contribution in [3.8, 4) is 11.5 Å². The Morgan fingerprint density at radius 1 is 1.62 bits per heavy atom. The first kappa shape index (κ1) is 8.13. The molecule has 0 saturated carbocycles. The number of hydrogen-bond donors (Lipinski definition) is 2. The molecule has 1 heterocycles. The molecule has 2 rings (SSSR count). The van der Waals surface area contributed by atoms with Crippen molar-refractivity contribution < 1.29 is 9.84 Å². The Bertz CT molecular complexity index is 360. The minimum absolute atomic E-state index is 0.200. The Morgan fingerprint density at radius 2 is 2.38 bits per heavy atom. The van der Waals surface area contributed by atoms with E-state index in [-0.39, 0.29) is 11.8 Å². The van der Waals surface area contributed by atoms with E-state index in [0.717, 1.165) is 5.56 Å². The summed E-state index contributed by atoms with van der Waals surface area (Å²) in [5, 5.41) is 9.53. The summed E-state index contributed by atoms with van der Waals surface area (Å²) in [4.78, 5) is 0. The van der Waals surface area contributed by atoms with Crippen LogP contribution in [0.25, 0.3) is 6.08 Å². The van der Waals surface area contributed by atoms with Crippen molar-refractivity contribution in [1.29, 1.82) is 0 Å². The Balaban J connectivity index is 2.65. The van der Waals surface area contributed by atoms with Crippen molar-refractivity contribution >= 4 is 6.08 Å². The maximum Gasteiger partial charge on any atom is 0.135 e. The number of benzene rings is 1. The number of hydrogen-bond acceptors (Lipinski definition) is 3. The predicted molar refractivity (Wildman–Crippen MR) is 50.6 cm³/mol. The first-order valence-electron chi connectivity index (χ1n) is 4.10. The molecule has 13 heavy (non-hydrogen) atoms. The summed E-state index contributed by atoms with van der Waals surface area (Å²) in [6, 6.07) is 3.15. The third kappa shape index (κ3) is 1.09. The Morgan fingerprint density at radius 3 is 3.08 bits per heavy atom. The summed E-state index contributed by atoms with van der Waals surface area (Å²) in [5.41, 5.74) is 7.32. The molecule has 0 aliphatic carbocycles. The zero-order chi connectivity index (χ0) is 9.42. The Hall–Kier alpha value is -1.48. The minimum atomic E-state index is -0.227. The highest BCUT2D eigenvalue weighted by molar-refractivity contribution is 5.64. The van der Waals surface area contributed by atoms with E-state index in [9.17, 15) is 5.11 Å². The first-order valence-corrected chi connectivity index (χ1v) is 4.10. The van der Waals surface area contributed by atoms with Crippen LogP contribution < -0.4 is 10.5 Å². The van der Waals surface area contributed by atoms with Gasteiger partial charge in [0.25, 0.3) is 0 Å². The largest absolute Gasteiger partial charge is 0.507 e. The van der Waals surface area contributed by atoms with E-state index < -0.39 is 0 Å². The lowest BCUT2D eigenvalue weighted by atomic mass is 10.0. The predicted octanol–water partition coefficient (Wildman–Crippen LogP) is 1.43. The van der Waals surface area contributed by atoms with E-state index >= 15 is 0 Å². The van der Waals surface area contributed by atoms with Gasteiger partial charge in [-0.05, 0) is 12.1 Å². The molecule has 1 aliphatic rings. The van der Waals surface area contributed by atoms with Crippen LogP contribution in [0, 0.1) is 0 Å². The second kappa shape index (κ2) is 2.78. The van der Waals surface area contributed by atoms with Crippen LogP contribution in [-0.4, -0.2) is 11.7 Å². The van der Waals surface area contributed by atoms with Gasteiger partial charge in [0, 0.05) is 5.56 Å². The van der Waals surface area contributed by atoms with E-state index in [1.807, 2.05) is 0 Å². The topological polar surface area (TPSA) is 55.5 Å². The third-order valence-electron chi connectivity index (χ3n) is 2.20. The molecule has 0 amide bonds. The molecular weight excluding hydrogens is 166 g/mol. The molecule has 0 radical (unpaired) electrons. The van der Waals surface area contributed by atoms with Crippen molar-refractivity contribution in [3.05, 3.63) is 29.8 Å². The lowest BCUT2D eigenvalue weighted by Gasteiger charge is -2.05. The molecule has 3 nitrogen and oxygen atoms in total. The fourth-order valence-electron chi connectivity index (χ4n) is 1.54. The molecule has 3 N–H and O–H groups in total. The number of nitrogens with two attached hydrogens (primary N) is 1. The van der Waals surface area contributed by atoms with Crippen LogP contribution in [0.15, 0.2) is 18.7 Å². The van der Waals surface area contributed by atoms with Gasteiger partial charge < -0.3 is 15.6 Å². The molecule has 1 aromatic rings. The number of fused-ring (bicyclic) bond motifs is 1. The summed E-state index contributed by atoms with van der Waals surface area (Å²) in [6.07, 6.45) is 1.69. The van der Waals surface area contributed by atoms with Crippen molar-refractivity contribution in [1.82, 2.24) is 0 Å². The van der Waals surface area contributed by atoms with Crippen molar-refractivity contribution in [2.24, 2.45) is 5.73 Å². The maximum absolute atomic E-state index is 9.53. The Labute approximate surface area is 76.4 Å². The second-order valence-electron chi connectivity index (χ2n) is 3.04. The molecule has 68 valence electrons. The molecular formula is C10H11NO2. The molecule has 0 saturated heterocycles. The third-order valence-corrected chi connectivity index (χ3v) is 2.20. The highest BCUT2D eigenvalue weighted by Gasteiger charge is 2.25. The molecule has 0 aromatic heterocycles. The van der Waals surface area contributed by atoms with Crippen LogP contribution in [0.1, 0.15) is 17.2 Å². The standard InChI is InChI=1S/C10H11NO2/c1-2-6-3-4-8(12)9-7(11)5-13-10(6)9/h2-4,7,12H,1,5,11H2/t7-/m0/s1. The van der Waals surface area contributed by atoms with E-state index in [4.69, 9.17) is 10.5 Å². The molecule has 0 spiro atoms. The average molecular weight is 177 g/mol. The van der Waals surface area contributed by atoms with E-state index in [2.05, 4.69) is 6.58 Å². The van der Waals surface area contributed by atoms with Crippen LogP contribution in [0.3, 0.4) is 0 Å². The van der Waals surface area contributed by atoms with Gasteiger partial charge in [0.2, 0.25) is 0 Å². The van der Waals surface area contributed by atoms with Crippen molar-refractivity contribution in [3.63, 3.8) is 0 Å². The van der Waals surface area contributed by atoms with Crippen LogP contribution in [0.4, 0.5) is 0 Å². The quantitative estimate of drug-likeness (QED) is 0.682. The second-order valence-corrected chi connectivity index (χ2v) is 3.04. The normalized spacial score (nSPS) is 19.3. The monoisotopic (exact) mass is 177 g/mol.